The second kappa shape index (κ2) is 5.63. The Balaban J connectivity index is 2.13. The lowest BCUT2D eigenvalue weighted by Crippen LogP contribution is -2.22. The molecule has 1 aromatic heterocycles. The van der Waals surface area contributed by atoms with E-state index in [1.165, 1.54) is 4.88 Å². The molecule has 0 aliphatic rings. The van der Waals surface area contributed by atoms with Gasteiger partial charge in [0.25, 0.3) is 0 Å². The molecular formula is C14H17ClN2S. The van der Waals surface area contributed by atoms with Crippen LogP contribution >= 0.6 is 22.9 Å². The van der Waals surface area contributed by atoms with Crippen molar-refractivity contribution in [1.82, 2.24) is 0 Å². The van der Waals surface area contributed by atoms with Gasteiger partial charge >= 0.3 is 0 Å². The van der Waals surface area contributed by atoms with Crippen LogP contribution in [0.1, 0.15) is 10.4 Å². The number of halogens is 1. The number of benzene rings is 1. The van der Waals surface area contributed by atoms with Gasteiger partial charge < -0.3 is 10.6 Å². The van der Waals surface area contributed by atoms with E-state index < -0.39 is 0 Å². The van der Waals surface area contributed by atoms with Crippen molar-refractivity contribution in [2.24, 2.45) is 0 Å². The molecule has 0 radical (unpaired) electrons. The molecule has 0 aliphatic heterocycles. The van der Waals surface area contributed by atoms with Crippen molar-refractivity contribution in [2.75, 3.05) is 24.2 Å². The van der Waals surface area contributed by atoms with E-state index in [0.29, 0.717) is 0 Å². The van der Waals surface area contributed by atoms with Crippen LogP contribution in [0.3, 0.4) is 0 Å². The standard InChI is InChI=1S/C14H17ClN2S/c1-10-12(15)5-6-13(16)14(10)17(2)8-7-11-4-3-9-18-11/h3-6,9H,7-8,16H2,1-2H3. The van der Waals surface area contributed by atoms with Crippen molar-refractivity contribution >= 4 is 34.3 Å². The van der Waals surface area contributed by atoms with Gasteiger partial charge in [0, 0.05) is 23.5 Å². The number of rotatable bonds is 4. The lowest BCUT2D eigenvalue weighted by atomic mass is 10.1. The zero-order valence-corrected chi connectivity index (χ0v) is 12.2. The molecule has 96 valence electrons. The maximum Gasteiger partial charge on any atom is 0.0642 e. The number of nitrogens with zero attached hydrogens (tertiary/aromatic N) is 1. The molecule has 0 saturated heterocycles. The Morgan fingerprint density at radius 2 is 2.11 bits per heavy atom. The highest BCUT2D eigenvalue weighted by atomic mass is 35.5. The molecule has 0 amide bonds. The highest BCUT2D eigenvalue weighted by Crippen LogP contribution is 2.32. The molecule has 0 atom stereocenters. The lowest BCUT2D eigenvalue weighted by molar-refractivity contribution is 0.885. The van der Waals surface area contributed by atoms with Crippen molar-refractivity contribution in [3.63, 3.8) is 0 Å². The predicted molar refractivity (Wildman–Crippen MR) is 81.9 cm³/mol. The summed E-state index contributed by atoms with van der Waals surface area (Å²) in [6, 6.07) is 7.96. The van der Waals surface area contributed by atoms with E-state index in [4.69, 9.17) is 17.3 Å². The van der Waals surface area contributed by atoms with Crippen LogP contribution in [-0.4, -0.2) is 13.6 Å². The molecule has 2 rings (SSSR count). The Bertz CT molecular complexity index is 523. The first-order chi connectivity index (χ1) is 8.59. The minimum Gasteiger partial charge on any atom is -0.397 e. The number of hydrogen-bond donors (Lipinski definition) is 1. The SMILES string of the molecule is Cc1c(Cl)ccc(N)c1N(C)CCc1cccs1. The van der Waals surface area contributed by atoms with Crippen molar-refractivity contribution < 1.29 is 0 Å². The molecule has 1 aromatic carbocycles. The first-order valence-electron chi connectivity index (χ1n) is 5.87. The minimum atomic E-state index is 0.766. The van der Waals surface area contributed by atoms with Crippen molar-refractivity contribution in [3.05, 3.63) is 45.1 Å². The summed E-state index contributed by atoms with van der Waals surface area (Å²) in [5.74, 6) is 0. The molecule has 0 aliphatic carbocycles. The van der Waals surface area contributed by atoms with E-state index in [-0.39, 0.29) is 0 Å². The second-order valence-corrected chi connectivity index (χ2v) is 5.80. The monoisotopic (exact) mass is 280 g/mol. The van der Waals surface area contributed by atoms with E-state index >= 15 is 0 Å². The number of anilines is 2. The molecular weight excluding hydrogens is 264 g/mol. The zero-order valence-electron chi connectivity index (χ0n) is 10.6. The van der Waals surface area contributed by atoms with Crippen LogP contribution in [0, 0.1) is 6.92 Å². The van der Waals surface area contributed by atoms with Crippen LogP contribution in [0.4, 0.5) is 11.4 Å². The highest BCUT2D eigenvalue weighted by Gasteiger charge is 2.11. The van der Waals surface area contributed by atoms with E-state index in [2.05, 4.69) is 29.5 Å². The van der Waals surface area contributed by atoms with E-state index in [1.807, 2.05) is 19.1 Å². The Kier molecular flexibility index (Phi) is 4.15. The first-order valence-corrected chi connectivity index (χ1v) is 7.13. The van der Waals surface area contributed by atoms with E-state index in [0.717, 1.165) is 34.9 Å². The second-order valence-electron chi connectivity index (χ2n) is 4.36. The number of thiophene rings is 1. The fraction of sp³-hybridized carbons (Fsp3) is 0.286. The van der Waals surface area contributed by atoms with Gasteiger partial charge in [0.05, 0.1) is 11.4 Å². The lowest BCUT2D eigenvalue weighted by Gasteiger charge is -2.23. The maximum absolute atomic E-state index is 6.15. The summed E-state index contributed by atoms with van der Waals surface area (Å²) in [7, 11) is 2.06. The van der Waals surface area contributed by atoms with Gasteiger partial charge in [-0.05, 0) is 42.5 Å². The largest absolute Gasteiger partial charge is 0.397 e. The third kappa shape index (κ3) is 2.79. The molecule has 0 spiro atoms. The van der Waals surface area contributed by atoms with Gasteiger partial charge in [-0.25, -0.2) is 0 Å². The number of likely N-dealkylation sites (N-methyl/N-ethyl adjacent to an activating group) is 1. The summed E-state index contributed by atoms with van der Waals surface area (Å²) in [6.07, 6.45) is 1.03. The van der Waals surface area contributed by atoms with Crippen LogP contribution in [0.2, 0.25) is 5.02 Å². The summed E-state index contributed by atoms with van der Waals surface area (Å²) in [6.45, 7) is 2.95. The Morgan fingerprint density at radius 3 is 2.78 bits per heavy atom. The molecule has 2 N–H and O–H groups in total. The van der Waals surface area contributed by atoms with Crippen LogP contribution < -0.4 is 10.6 Å². The predicted octanol–water partition coefficient (Wildman–Crippen LogP) is 3.97. The number of hydrogen-bond acceptors (Lipinski definition) is 3. The topological polar surface area (TPSA) is 29.3 Å². The molecule has 0 bridgehead atoms. The summed E-state index contributed by atoms with van der Waals surface area (Å²) < 4.78 is 0. The summed E-state index contributed by atoms with van der Waals surface area (Å²) in [4.78, 5) is 3.57. The summed E-state index contributed by atoms with van der Waals surface area (Å²) in [5, 5.41) is 2.87. The summed E-state index contributed by atoms with van der Waals surface area (Å²) in [5.41, 5.74) is 8.91. The average molecular weight is 281 g/mol. The van der Waals surface area contributed by atoms with E-state index in [1.54, 1.807) is 11.3 Å². The van der Waals surface area contributed by atoms with Crippen LogP contribution in [0.15, 0.2) is 29.6 Å². The third-order valence-corrected chi connectivity index (χ3v) is 4.40. The average Bonchev–Trinajstić information content (AvgIpc) is 2.85. The molecule has 0 fully saturated rings. The molecule has 0 unspecified atom stereocenters. The zero-order chi connectivity index (χ0) is 13.1. The Morgan fingerprint density at radius 1 is 1.33 bits per heavy atom. The van der Waals surface area contributed by atoms with Gasteiger partial charge in [-0.15, -0.1) is 11.3 Å². The fourth-order valence-electron chi connectivity index (χ4n) is 2.05. The normalized spacial score (nSPS) is 10.6. The molecule has 18 heavy (non-hydrogen) atoms. The van der Waals surface area contributed by atoms with Crippen molar-refractivity contribution in [1.29, 1.82) is 0 Å². The van der Waals surface area contributed by atoms with Crippen LogP contribution in [-0.2, 0) is 6.42 Å². The van der Waals surface area contributed by atoms with Crippen LogP contribution in [0.25, 0.3) is 0 Å². The van der Waals surface area contributed by atoms with Crippen molar-refractivity contribution in [2.45, 2.75) is 13.3 Å². The third-order valence-electron chi connectivity index (χ3n) is 3.05. The van der Waals surface area contributed by atoms with Gasteiger partial charge in [-0.3, -0.25) is 0 Å². The molecule has 2 nitrogen and oxygen atoms in total. The summed E-state index contributed by atoms with van der Waals surface area (Å²) >= 11 is 7.94. The minimum absolute atomic E-state index is 0.766. The molecule has 1 heterocycles. The van der Waals surface area contributed by atoms with Gasteiger partial charge in [-0.1, -0.05) is 17.7 Å². The van der Waals surface area contributed by atoms with Crippen molar-refractivity contribution in [3.8, 4) is 0 Å². The van der Waals surface area contributed by atoms with Gasteiger partial charge in [-0.2, -0.15) is 0 Å². The Labute approximate surface area is 117 Å². The quantitative estimate of drug-likeness (QED) is 0.859. The number of nitrogen functional groups attached to an aromatic ring is 1. The molecule has 0 saturated carbocycles. The van der Waals surface area contributed by atoms with Gasteiger partial charge in [0.2, 0.25) is 0 Å². The fourth-order valence-corrected chi connectivity index (χ4v) is 2.90. The number of nitrogens with two attached hydrogens (primary N) is 1. The first kappa shape index (κ1) is 13.2. The van der Waals surface area contributed by atoms with Crippen LogP contribution in [0.5, 0.6) is 0 Å². The van der Waals surface area contributed by atoms with Gasteiger partial charge in [0.1, 0.15) is 0 Å². The smallest absolute Gasteiger partial charge is 0.0642 e. The maximum atomic E-state index is 6.15. The molecule has 4 heteroatoms. The van der Waals surface area contributed by atoms with Gasteiger partial charge in [0.15, 0.2) is 0 Å². The Hall–Kier alpha value is -1.19. The van der Waals surface area contributed by atoms with E-state index in [9.17, 15) is 0 Å². The molecule has 2 aromatic rings. The highest BCUT2D eigenvalue weighted by molar-refractivity contribution is 7.09.